The molecular weight excluding hydrogens is 497 g/mol. The van der Waals surface area contributed by atoms with Gasteiger partial charge in [-0.1, -0.05) is 54.7 Å². The number of sulfonamides is 1. The van der Waals surface area contributed by atoms with Gasteiger partial charge in [0.25, 0.3) is 0 Å². The number of aryl methyl sites for hydroxylation is 1. The van der Waals surface area contributed by atoms with Gasteiger partial charge >= 0.3 is 0 Å². The van der Waals surface area contributed by atoms with Crippen molar-refractivity contribution in [2.75, 3.05) is 23.7 Å². The van der Waals surface area contributed by atoms with E-state index in [1.165, 1.54) is 11.0 Å². The quantitative estimate of drug-likeness (QED) is 0.438. The van der Waals surface area contributed by atoms with Crippen molar-refractivity contribution in [2.24, 2.45) is 0 Å². The number of rotatable bonds is 11. The van der Waals surface area contributed by atoms with E-state index in [0.717, 1.165) is 34.5 Å². The summed E-state index contributed by atoms with van der Waals surface area (Å²) in [7, 11) is -3.81. The van der Waals surface area contributed by atoms with Gasteiger partial charge < -0.3 is 10.2 Å². The Labute approximate surface area is 212 Å². The molecular formula is C24H31Cl2N3O4S. The number of unbranched alkanes of at least 4 members (excludes halogenated alkanes) is 1. The van der Waals surface area contributed by atoms with E-state index in [2.05, 4.69) is 5.32 Å². The summed E-state index contributed by atoms with van der Waals surface area (Å²) in [5.41, 5.74) is 1.82. The number of nitrogens with zero attached hydrogens (tertiary/aromatic N) is 2. The molecule has 0 saturated carbocycles. The predicted octanol–water partition coefficient (Wildman–Crippen LogP) is 4.40. The van der Waals surface area contributed by atoms with Gasteiger partial charge in [-0.15, -0.1) is 0 Å². The summed E-state index contributed by atoms with van der Waals surface area (Å²) in [5, 5.41) is 3.78. The Morgan fingerprint density at radius 3 is 2.29 bits per heavy atom. The fourth-order valence-corrected chi connectivity index (χ4v) is 4.40. The van der Waals surface area contributed by atoms with Gasteiger partial charge in [-0.05, 0) is 55.7 Å². The molecule has 10 heteroatoms. The first kappa shape index (κ1) is 28.0. The third-order valence-electron chi connectivity index (χ3n) is 5.39. The summed E-state index contributed by atoms with van der Waals surface area (Å²) < 4.78 is 26.2. The van der Waals surface area contributed by atoms with E-state index in [1.54, 1.807) is 50.2 Å². The zero-order valence-electron chi connectivity index (χ0n) is 19.8. The summed E-state index contributed by atoms with van der Waals surface area (Å²) in [4.78, 5) is 27.6. The maximum absolute atomic E-state index is 13.5. The van der Waals surface area contributed by atoms with Crippen molar-refractivity contribution in [1.29, 1.82) is 0 Å². The van der Waals surface area contributed by atoms with Gasteiger partial charge in [0.15, 0.2) is 0 Å². The van der Waals surface area contributed by atoms with E-state index in [4.69, 9.17) is 23.2 Å². The Balaban J connectivity index is 2.35. The van der Waals surface area contributed by atoms with Crippen LogP contribution in [0.4, 0.5) is 5.69 Å². The minimum absolute atomic E-state index is 0.116. The third-order valence-corrected chi connectivity index (χ3v) is 7.19. The third kappa shape index (κ3) is 7.89. The second kappa shape index (κ2) is 12.4. The van der Waals surface area contributed by atoms with Crippen molar-refractivity contribution in [1.82, 2.24) is 10.2 Å². The van der Waals surface area contributed by atoms with Crippen LogP contribution < -0.4 is 9.62 Å². The minimum atomic E-state index is -3.81. The number of nitrogens with one attached hydrogen (secondary N) is 1. The number of anilines is 1. The molecule has 0 fully saturated rings. The molecule has 0 spiro atoms. The molecule has 2 rings (SSSR count). The number of carbonyl (C=O) groups is 2. The van der Waals surface area contributed by atoms with Gasteiger partial charge in [0.1, 0.15) is 12.6 Å². The molecule has 0 aliphatic carbocycles. The van der Waals surface area contributed by atoms with Crippen LogP contribution in [-0.2, 0) is 26.2 Å². The molecule has 7 nitrogen and oxygen atoms in total. The molecule has 0 bridgehead atoms. The van der Waals surface area contributed by atoms with Crippen molar-refractivity contribution in [3.63, 3.8) is 0 Å². The van der Waals surface area contributed by atoms with Gasteiger partial charge in [0.05, 0.1) is 11.9 Å². The molecule has 1 atom stereocenters. The molecule has 2 aromatic carbocycles. The van der Waals surface area contributed by atoms with Crippen molar-refractivity contribution in [3.05, 3.63) is 63.6 Å². The Morgan fingerprint density at radius 1 is 1.09 bits per heavy atom. The van der Waals surface area contributed by atoms with Crippen molar-refractivity contribution in [3.8, 4) is 0 Å². The minimum Gasteiger partial charge on any atom is -0.354 e. The molecule has 2 amide bonds. The van der Waals surface area contributed by atoms with Crippen LogP contribution >= 0.6 is 23.2 Å². The van der Waals surface area contributed by atoms with E-state index in [-0.39, 0.29) is 18.1 Å². The topological polar surface area (TPSA) is 86.8 Å². The fourth-order valence-electron chi connectivity index (χ4n) is 3.26. The Morgan fingerprint density at radius 2 is 1.74 bits per heavy atom. The lowest BCUT2D eigenvalue weighted by molar-refractivity contribution is -0.139. The summed E-state index contributed by atoms with van der Waals surface area (Å²) in [6, 6.07) is 10.9. The van der Waals surface area contributed by atoms with E-state index < -0.39 is 28.5 Å². The first-order valence-electron chi connectivity index (χ1n) is 11.0. The predicted molar refractivity (Wildman–Crippen MR) is 138 cm³/mol. The average Bonchev–Trinajstić information content (AvgIpc) is 2.77. The van der Waals surface area contributed by atoms with Crippen LogP contribution in [-0.4, -0.2) is 50.5 Å². The Bertz CT molecular complexity index is 1110. The van der Waals surface area contributed by atoms with Crippen LogP contribution in [0.1, 0.15) is 37.8 Å². The second-order valence-corrected chi connectivity index (χ2v) is 10.9. The highest BCUT2D eigenvalue weighted by atomic mass is 35.5. The largest absolute Gasteiger partial charge is 0.354 e. The van der Waals surface area contributed by atoms with Crippen LogP contribution in [0.25, 0.3) is 0 Å². The molecule has 2 aromatic rings. The van der Waals surface area contributed by atoms with Crippen LogP contribution in [0.15, 0.2) is 42.5 Å². The van der Waals surface area contributed by atoms with Crippen molar-refractivity contribution >= 4 is 50.7 Å². The summed E-state index contributed by atoms with van der Waals surface area (Å²) in [5.74, 6) is -0.824. The smallest absolute Gasteiger partial charge is 0.244 e. The molecule has 0 aromatic heterocycles. The van der Waals surface area contributed by atoms with Gasteiger partial charge in [-0.25, -0.2) is 8.42 Å². The monoisotopic (exact) mass is 527 g/mol. The van der Waals surface area contributed by atoms with Gasteiger partial charge in [0, 0.05) is 23.1 Å². The first-order valence-corrected chi connectivity index (χ1v) is 13.6. The molecule has 186 valence electrons. The molecule has 0 heterocycles. The van der Waals surface area contributed by atoms with Crippen LogP contribution in [0.5, 0.6) is 0 Å². The van der Waals surface area contributed by atoms with Crippen LogP contribution in [0, 0.1) is 6.92 Å². The first-order chi connectivity index (χ1) is 15.9. The molecule has 0 aliphatic rings. The summed E-state index contributed by atoms with van der Waals surface area (Å²) in [6.07, 6.45) is 2.77. The molecule has 34 heavy (non-hydrogen) atoms. The fraction of sp³-hybridized carbons (Fsp3) is 0.417. The van der Waals surface area contributed by atoms with Gasteiger partial charge in [-0.3, -0.25) is 13.9 Å². The highest BCUT2D eigenvalue weighted by molar-refractivity contribution is 7.92. The Hall–Kier alpha value is -2.29. The molecule has 1 N–H and O–H groups in total. The maximum Gasteiger partial charge on any atom is 0.244 e. The van der Waals surface area contributed by atoms with Gasteiger partial charge in [0.2, 0.25) is 21.8 Å². The standard InChI is InChI=1S/C24H31Cl2N3O4S/c1-5-6-13-27-24(31)18(3)28(15-19-8-10-20(25)11-9-19)23(30)16-29(34(4,32)33)21-12-7-17(2)22(26)14-21/h7-12,14,18H,5-6,13,15-16H2,1-4H3,(H,27,31)/t18-/m0/s1. The van der Waals surface area contributed by atoms with E-state index in [9.17, 15) is 18.0 Å². The van der Waals surface area contributed by atoms with Crippen molar-refractivity contribution < 1.29 is 18.0 Å². The highest BCUT2D eigenvalue weighted by Crippen LogP contribution is 2.25. The van der Waals surface area contributed by atoms with Crippen LogP contribution in [0.2, 0.25) is 10.0 Å². The number of halogens is 2. The lowest BCUT2D eigenvalue weighted by Crippen LogP contribution is -2.51. The SMILES string of the molecule is CCCCNC(=O)[C@H](C)N(Cc1ccc(Cl)cc1)C(=O)CN(c1ccc(C)c(Cl)c1)S(C)(=O)=O. The molecule has 0 unspecified atom stereocenters. The summed E-state index contributed by atoms with van der Waals surface area (Å²) >= 11 is 12.2. The molecule has 0 aliphatic heterocycles. The second-order valence-electron chi connectivity index (χ2n) is 8.17. The van der Waals surface area contributed by atoms with Crippen molar-refractivity contribution in [2.45, 2.75) is 46.2 Å². The number of hydrogen-bond acceptors (Lipinski definition) is 4. The van der Waals surface area contributed by atoms with E-state index in [1.807, 2.05) is 6.92 Å². The number of amides is 2. The van der Waals surface area contributed by atoms with Crippen LogP contribution in [0.3, 0.4) is 0 Å². The summed E-state index contributed by atoms with van der Waals surface area (Å²) in [6.45, 7) is 5.59. The normalized spacial score (nSPS) is 12.2. The Kier molecular flexibility index (Phi) is 10.2. The molecule has 0 saturated heterocycles. The zero-order valence-corrected chi connectivity index (χ0v) is 22.2. The highest BCUT2D eigenvalue weighted by Gasteiger charge is 2.30. The van der Waals surface area contributed by atoms with Gasteiger partial charge in [-0.2, -0.15) is 0 Å². The number of carbonyl (C=O) groups excluding carboxylic acids is 2. The number of hydrogen-bond donors (Lipinski definition) is 1. The lowest BCUT2D eigenvalue weighted by atomic mass is 10.1. The molecule has 0 radical (unpaired) electrons. The number of benzene rings is 2. The zero-order chi connectivity index (χ0) is 25.5. The lowest BCUT2D eigenvalue weighted by Gasteiger charge is -2.31. The van der Waals surface area contributed by atoms with E-state index >= 15 is 0 Å². The van der Waals surface area contributed by atoms with E-state index in [0.29, 0.717) is 16.6 Å². The average molecular weight is 529 g/mol. The maximum atomic E-state index is 13.5.